The standard InChI is InChI=1S/C47H56O25/c1-16-28(50)32(54)36(58)44(64-16)63-15-26-30(52)34(56)42(72-46-37(59)33(55)29(51)17(2)65-46)47(69-26)71-41-31(53)27-23(49)13-21(14-25(27)68-40(41)19-9-11-20(48)12-10-19)67-45-38(60)35(57)39(18(3)66-45)70-43(61)22-7-5-6-8-24(22)62-4/h5-14,16-18,26,28-30,32-39,42,44-52,54-60H,15H2,1-4H3/t16-,17-,18-,26+,28-,29-,30-,32+,33+,34-,35-,36+,37+,38+,39-,42+,44+,45-,46-,47-/m0/s1. The van der Waals surface area contributed by atoms with Crippen LogP contribution in [0.15, 0.2) is 69.9 Å². The van der Waals surface area contributed by atoms with Crippen LogP contribution in [0.4, 0.5) is 0 Å². The molecule has 0 bridgehead atoms. The van der Waals surface area contributed by atoms with E-state index in [2.05, 4.69) is 0 Å². The van der Waals surface area contributed by atoms with Crippen molar-refractivity contribution in [2.24, 2.45) is 0 Å². The Labute approximate surface area is 407 Å². The predicted molar refractivity (Wildman–Crippen MR) is 237 cm³/mol. The van der Waals surface area contributed by atoms with Crippen molar-refractivity contribution in [2.75, 3.05) is 13.7 Å². The van der Waals surface area contributed by atoms with Gasteiger partial charge in [-0.15, -0.1) is 0 Å². The molecule has 4 fully saturated rings. The monoisotopic (exact) mass is 1020 g/mol. The van der Waals surface area contributed by atoms with Gasteiger partial charge in [0, 0.05) is 17.7 Å². The summed E-state index contributed by atoms with van der Waals surface area (Å²) in [6, 6.07) is 13.3. The van der Waals surface area contributed by atoms with E-state index >= 15 is 0 Å². The molecular formula is C47H56O25. The van der Waals surface area contributed by atoms with Crippen molar-refractivity contribution in [2.45, 2.75) is 144 Å². The minimum absolute atomic E-state index is 0.0442. The number of para-hydroxylation sites is 1. The molecule has 4 aliphatic heterocycles. The number of phenols is 2. The van der Waals surface area contributed by atoms with Gasteiger partial charge < -0.3 is 113 Å². The van der Waals surface area contributed by atoms with E-state index in [1.54, 1.807) is 12.1 Å². The first-order valence-corrected chi connectivity index (χ1v) is 22.7. The van der Waals surface area contributed by atoms with Gasteiger partial charge in [0.25, 0.3) is 0 Å². The zero-order chi connectivity index (χ0) is 52.0. The first-order chi connectivity index (χ1) is 34.2. The summed E-state index contributed by atoms with van der Waals surface area (Å²) in [5.41, 5.74) is -1.39. The molecule has 20 atom stereocenters. The lowest BCUT2D eigenvalue weighted by atomic mass is 9.97. The number of methoxy groups -OCH3 is 1. The third kappa shape index (κ3) is 10.4. The van der Waals surface area contributed by atoms with Gasteiger partial charge in [0.05, 0.1) is 32.0 Å². The van der Waals surface area contributed by atoms with Crippen LogP contribution in [0.5, 0.6) is 28.7 Å². The van der Waals surface area contributed by atoms with E-state index in [4.69, 9.17) is 51.8 Å². The van der Waals surface area contributed by atoms with E-state index in [0.29, 0.717) is 0 Å². The molecule has 5 heterocycles. The van der Waals surface area contributed by atoms with Crippen LogP contribution in [0.1, 0.15) is 31.1 Å². The smallest absolute Gasteiger partial charge is 0.342 e. The highest BCUT2D eigenvalue weighted by Crippen LogP contribution is 2.40. The quantitative estimate of drug-likeness (QED) is 0.0634. The topological polar surface area (TPSA) is 382 Å². The second-order valence-corrected chi connectivity index (χ2v) is 17.8. The van der Waals surface area contributed by atoms with Crippen LogP contribution in [-0.4, -0.2) is 204 Å². The van der Waals surface area contributed by atoms with Crippen LogP contribution in [0, 0.1) is 0 Å². The summed E-state index contributed by atoms with van der Waals surface area (Å²) in [5, 5.41) is 129. The van der Waals surface area contributed by atoms with Gasteiger partial charge in [-0.2, -0.15) is 0 Å². The Hall–Kier alpha value is -5.30. The molecule has 25 heteroatoms. The van der Waals surface area contributed by atoms with Crippen molar-refractivity contribution in [1.82, 2.24) is 0 Å². The molecule has 0 unspecified atom stereocenters. The van der Waals surface area contributed by atoms with Crippen molar-refractivity contribution in [1.29, 1.82) is 0 Å². The zero-order valence-electron chi connectivity index (χ0n) is 38.7. The van der Waals surface area contributed by atoms with Gasteiger partial charge in [0.15, 0.2) is 30.5 Å². The fourth-order valence-corrected chi connectivity index (χ4v) is 8.66. The largest absolute Gasteiger partial charge is 0.508 e. The van der Waals surface area contributed by atoms with Crippen molar-refractivity contribution >= 4 is 16.9 Å². The number of esters is 1. The van der Waals surface area contributed by atoms with Crippen molar-refractivity contribution < 1.29 is 118 Å². The lowest BCUT2D eigenvalue weighted by molar-refractivity contribution is -0.360. The summed E-state index contributed by atoms with van der Waals surface area (Å²) in [4.78, 5) is 27.8. The van der Waals surface area contributed by atoms with Gasteiger partial charge >= 0.3 is 5.97 Å². The second kappa shape index (κ2) is 21.7. The first kappa shape index (κ1) is 53.0. The molecule has 0 radical (unpaired) electrons. The van der Waals surface area contributed by atoms with E-state index in [1.165, 1.54) is 64.3 Å². The molecule has 4 aromatic rings. The Balaban J connectivity index is 1.11. The fourth-order valence-electron chi connectivity index (χ4n) is 8.66. The molecule has 0 aliphatic carbocycles. The summed E-state index contributed by atoms with van der Waals surface area (Å²) >= 11 is 0. The minimum atomic E-state index is -2.08. The minimum Gasteiger partial charge on any atom is -0.508 e. The maximum atomic E-state index is 14.7. The maximum absolute atomic E-state index is 14.7. The number of fused-ring (bicyclic) bond motifs is 1. The summed E-state index contributed by atoms with van der Waals surface area (Å²) in [6.45, 7) is 3.46. The Bertz CT molecular complexity index is 2570. The molecule has 25 nitrogen and oxygen atoms in total. The van der Waals surface area contributed by atoms with Gasteiger partial charge in [-0.25, -0.2) is 4.79 Å². The van der Waals surface area contributed by atoms with Crippen molar-refractivity contribution in [3.05, 3.63) is 76.5 Å². The molecule has 12 N–H and O–H groups in total. The van der Waals surface area contributed by atoms with Crippen LogP contribution in [0.3, 0.4) is 0 Å². The Morgan fingerprint density at radius 3 is 1.88 bits per heavy atom. The third-order valence-corrected chi connectivity index (χ3v) is 12.8. The lowest BCUT2D eigenvalue weighted by Crippen LogP contribution is -2.65. The number of hydrogen-bond acceptors (Lipinski definition) is 25. The van der Waals surface area contributed by atoms with E-state index < -0.39 is 163 Å². The molecule has 72 heavy (non-hydrogen) atoms. The fraction of sp³-hybridized carbons (Fsp3) is 0.532. The summed E-state index contributed by atoms with van der Waals surface area (Å²) in [6.07, 6.45) is -33.4. The van der Waals surface area contributed by atoms with Gasteiger partial charge in [-0.3, -0.25) is 4.79 Å². The number of carbonyl (C=O) groups excluding carboxylic acids is 1. The Morgan fingerprint density at radius 2 is 1.21 bits per heavy atom. The zero-order valence-corrected chi connectivity index (χ0v) is 38.7. The molecule has 3 aromatic carbocycles. The lowest BCUT2D eigenvalue weighted by Gasteiger charge is -2.46. The highest BCUT2D eigenvalue weighted by atomic mass is 16.8. The van der Waals surface area contributed by atoms with Crippen LogP contribution >= 0.6 is 0 Å². The first-order valence-electron chi connectivity index (χ1n) is 22.7. The van der Waals surface area contributed by atoms with Crippen LogP contribution < -0.4 is 19.6 Å². The number of carbonyl (C=O) groups is 1. The van der Waals surface area contributed by atoms with E-state index in [0.717, 1.165) is 12.1 Å². The normalized spacial score (nSPS) is 37.2. The number of benzene rings is 3. The van der Waals surface area contributed by atoms with Crippen LogP contribution in [-0.2, 0) is 33.2 Å². The number of phenolic OH excluding ortho intramolecular Hbond substituents is 2. The molecule has 0 spiro atoms. The number of aliphatic hydroxyl groups excluding tert-OH is 10. The molecule has 4 saturated heterocycles. The SMILES string of the molecule is COc1ccccc1C(=O)O[C@@H]1[C@@H](O)[C@@H](O)[C@H](Oc2cc(O)c3c(=O)c(O[C@@H]4O[C@H](CO[C@@H]5O[C@@H](C)[C@H](O)[C@@H](O)[C@H]5O)[C@H](O)[C@H](O)[C@H]4O[C@@H]4O[C@@H](C)[C@H](O)[C@@H](O)[C@H]4O)c(-c4ccc(O)cc4)oc3c2)O[C@H]1C. The molecule has 0 amide bonds. The summed E-state index contributed by atoms with van der Waals surface area (Å²) in [5.74, 6) is -3.13. The van der Waals surface area contributed by atoms with Crippen molar-refractivity contribution in [3.8, 4) is 40.1 Å². The van der Waals surface area contributed by atoms with Gasteiger partial charge in [-0.1, -0.05) is 12.1 Å². The summed E-state index contributed by atoms with van der Waals surface area (Å²) in [7, 11) is 1.36. The maximum Gasteiger partial charge on any atom is 0.342 e. The number of ether oxygens (including phenoxy) is 10. The predicted octanol–water partition coefficient (Wildman–Crippen LogP) is -2.17. The van der Waals surface area contributed by atoms with Crippen LogP contribution in [0.25, 0.3) is 22.3 Å². The number of rotatable bonds is 13. The van der Waals surface area contributed by atoms with Crippen LogP contribution in [0.2, 0.25) is 0 Å². The highest BCUT2D eigenvalue weighted by Gasteiger charge is 2.53. The Kier molecular flexibility index (Phi) is 15.9. The average molecular weight is 1020 g/mol. The molecule has 8 rings (SSSR count). The molecule has 0 saturated carbocycles. The Morgan fingerprint density at radius 1 is 0.611 bits per heavy atom. The number of aromatic hydroxyl groups is 2. The third-order valence-electron chi connectivity index (χ3n) is 12.8. The van der Waals surface area contributed by atoms with E-state index in [-0.39, 0.29) is 34.0 Å². The second-order valence-electron chi connectivity index (χ2n) is 17.8. The van der Waals surface area contributed by atoms with E-state index in [1.807, 2.05) is 0 Å². The van der Waals surface area contributed by atoms with Gasteiger partial charge in [0.1, 0.15) is 107 Å². The van der Waals surface area contributed by atoms with Gasteiger partial charge in [0.2, 0.25) is 23.8 Å². The molecular weight excluding hydrogens is 964 g/mol. The highest BCUT2D eigenvalue weighted by molar-refractivity contribution is 5.92. The molecule has 4 aliphatic rings. The number of aliphatic hydroxyl groups is 10. The average Bonchev–Trinajstić information content (AvgIpc) is 3.36. The summed E-state index contributed by atoms with van der Waals surface area (Å²) < 4.78 is 63.5. The van der Waals surface area contributed by atoms with Gasteiger partial charge in [-0.05, 0) is 57.2 Å². The molecule has 1 aromatic heterocycles. The van der Waals surface area contributed by atoms with Crippen molar-refractivity contribution in [3.63, 3.8) is 0 Å². The number of hydrogen-bond donors (Lipinski definition) is 12. The van der Waals surface area contributed by atoms with E-state index in [9.17, 15) is 70.9 Å². The molecule has 394 valence electrons.